The monoisotopic (exact) mass is 318 g/mol. The van der Waals surface area contributed by atoms with Crippen LogP contribution in [0.1, 0.15) is 6.92 Å². The summed E-state index contributed by atoms with van der Waals surface area (Å²) in [6.45, 7) is 1.21. The highest BCUT2D eigenvalue weighted by Crippen LogP contribution is 2.22. The summed E-state index contributed by atoms with van der Waals surface area (Å²) in [5.41, 5.74) is 0.157. The SMILES string of the molecule is CCOC(=O)C(N=Nc1ccc(OC)cc1)C(=O)C(F)(F)F. The summed E-state index contributed by atoms with van der Waals surface area (Å²) < 4.78 is 46.7. The van der Waals surface area contributed by atoms with E-state index in [2.05, 4.69) is 15.0 Å². The zero-order valence-electron chi connectivity index (χ0n) is 11.8. The molecule has 0 aromatic heterocycles. The highest BCUT2D eigenvalue weighted by Gasteiger charge is 2.47. The first kappa shape index (κ1) is 17.6. The van der Waals surface area contributed by atoms with Crippen LogP contribution in [0.4, 0.5) is 18.9 Å². The van der Waals surface area contributed by atoms with Crippen LogP contribution in [0, 0.1) is 0 Å². The third-order valence-corrected chi connectivity index (χ3v) is 2.40. The first-order valence-electron chi connectivity index (χ1n) is 6.12. The maximum atomic E-state index is 12.4. The lowest BCUT2D eigenvalue weighted by Gasteiger charge is -2.11. The van der Waals surface area contributed by atoms with Crippen LogP contribution in [0.3, 0.4) is 0 Å². The Bertz CT molecular complexity index is 555. The van der Waals surface area contributed by atoms with Crippen molar-refractivity contribution in [3.05, 3.63) is 24.3 Å². The van der Waals surface area contributed by atoms with Gasteiger partial charge in [-0.1, -0.05) is 0 Å². The van der Waals surface area contributed by atoms with Crippen LogP contribution in [0.15, 0.2) is 34.5 Å². The van der Waals surface area contributed by atoms with Crippen LogP contribution >= 0.6 is 0 Å². The Kier molecular flexibility index (Phi) is 6.02. The molecule has 1 aromatic carbocycles. The predicted octanol–water partition coefficient (Wildman–Crippen LogP) is 2.84. The molecular weight excluding hydrogens is 305 g/mol. The molecule has 0 amide bonds. The van der Waals surface area contributed by atoms with Crippen molar-refractivity contribution in [1.82, 2.24) is 0 Å². The Labute approximate surface area is 123 Å². The van der Waals surface area contributed by atoms with Crippen LogP contribution in [0.2, 0.25) is 0 Å². The van der Waals surface area contributed by atoms with Crippen molar-refractivity contribution in [1.29, 1.82) is 0 Å². The Morgan fingerprint density at radius 2 is 1.82 bits per heavy atom. The van der Waals surface area contributed by atoms with Crippen LogP contribution < -0.4 is 4.74 Å². The van der Waals surface area contributed by atoms with Gasteiger partial charge in [-0.3, -0.25) is 4.79 Å². The van der Waals surface area contributed by atoms with Crippen LogP contribution in [-0.4, -0.2) is 37.7 Å². The fourth-order valence-electron chi connectivity index (χ4n) is 1.36. The first-order valence-corrected chi connectivity index (χ1v) is 6.12. The topological polar surface area (TPSA) is 77.3 Å². The van der Waals surface area contributed by atoms with Gasteiger partial charge in [0.1, 0.15) is 5.75 Å². The molecular formula is C13H13F3N2O4. The molecule has 1 atom stereocenters. The maximum Gasteiger partial charge on any atom is 0.453 e. The highest BCUT2D eigenvalue weighted by atomic mass is 19.4. The third-order valence-electron chi connectivity index (χ3n) is 2.40. The minimum atomic E-state index is -5.21. The van der Waals surface area contributed by atoms with Crippen molar-refractivity contribution in [3.8, 4) is 5.75 Å². The molecule has 0 saturated carbocycles. The third kappa shape index (κ3) is 4.83. The van der Waals surface area contributed by atoms with Crippen molar-refractivity contribution in [2.45, 2.75) is 19.1 Å². The van der Waals surface area contributed by atoms with Crippen molar-refractivity contribution in [2.24, 2.45) is 10.2 Å². The van der Waals surface area contributed by atoms with Crippen molar-refractivity contribution in [2.75, 3.05) is 13.7 Å². The Morgan fingerprint density at radius 3 is 2.27 bits per heavy atom. The smallest absolute Gasteiger partial charge is 0.453 e. The van der Waals surface area contributed by atoms with E-state index in [0.29, 0.717) is 5.75 Å². The van der Waals surface area contributed by atoms with E-state index in [4.69, 9.17) is 4.74 Å². The van der Waals surface area contributed by atoms with Gasteiger partial charge in [-0.25, -0.2) is 4.79 Å². The van der Waals surface area contributed by atoms with E-state index in [1.165, 1.54) is 38.3 Å². The largest absolute Gasteiger partial charge is 0.497 e. The van der Waals surface area contributed by atoms with Crippen LogP contribution in [0.25, 0.3) is 0 Å². The number of esters is 1. The molecule has 0 bridgehead atoms. The van der Waals surface area contributed by atoms with E-state index in [1.54, 1.807) is 0 Å². The highest BCUT2D eigenvalue weighted by molar-refractivity contribution is 6.05. The van der Waals surface area contributed by atoms with E-state index >= 15 is 0 Å². The molecule has 1 rings (SSSR count). The molecule has 120 valence electrons. The predicted molar refractivity (Wildman–Crippen MR) is 69.0 cm³/mol. The molecule has 0 radical (unpaired) electrons. The zero-order chi connectivity index (χ0) is 16.8. The fraction of sp³-hybridized carbons (Fsp3) is 0.385. The van der Waals surface area contributed by atoms with Crippen LogP contribution in [0.5, 0.6) is 5.75 Å². The standard InChI is InChI=1S/C13H13F3N2O4/c1-3-22-12(20)10(11(19)13(14,15)16)18-17-8-4-6-9(21-2)7-5-8/h4-7,10H,3H2,1-2H3. The Morgan fingerprint density at radius 1 is 1.23 bits per heavy atom. The lowest BCUT2D eigenvalue weighted by molar-refractivity contribution is -0.176. The number of hydrogen-bond donors (Lipinski definition) is 0. The van der Waals surface area contributed by atoms with Gasteiger partial charge in [0.25, 0.3) is 5.78 Å². The zero-order valence-corrected chi connectivity index (χ0v) is 11.8. The summed E-state index contributed by atoms with van der Waals surface area (Å²) >= 11 is 0. The summed E-state index contributed by atoms with van der Waals surface area (Å²) in [6.07, 6.45) is -5.21. The second-order valence-corrected chi connectivity index (χ2v) is 3.93. The molecule has 0 N–H and O–H groups in total. The second kappa shape index (κ2) is 7.53. The molecule has 0 saturated heterocycles. The number of rotatable bonds is 6. The van der Waals surface area contributed by atoms with Crippen LogP contribution in [-0.2, 0) is 14.3 Å². The molecule has 0 aliphatic rings. The quantitative estimate of drug-likeness (QED) is 0.459. The van der Waals surface area contributed by atoms with Gasteiger partial charge >= 0.3 is 12.1 Å². The molecule has 0 aliphatic heterocycles. The number of nitrogens with zero attached hydrogens (tertiary/aromatic N) is 2. The molecule has 9 heteroatoms. The summed E-state index contributed by atoms with van der Waals surface area (Å²) in [5, 5.41) is 6.64. The minimum Gasteiger partial charge on any atom is -0.497 e. The average molecular weight is 318 g/mol. The van der Waals surface area contributed by atoms with Gasteiger partial charge in [-0.05, 0) is 31.2 Å². The van der Waals surface area contributed by atoms with Gasteiger partial charge in [-0.2, -0.15) is 23.4 Å². The molecule has 0 fully saturated rings. The van der Waals surface area contributed by atoms with Gasteiger partial charge in [0.2, 0.25) is 6.04 Å². The van der Waals surface area contributed by atoms with E-state index in [9.17, 15) is 22.8 Å². The molecule has 0 heterocycles. The summed E-state index contributed by atoms with van der Waals surface area (Å²) in [4.78, 5) is 22.6. The van der Waals surface area contributed by atoms with E-state index in [-0.39, 0.29) is 12.3 Å². The number of ether oxygens (including phenoxy) is 2. The molecule has 1 aromatic rings. The van der Waals surface area contributed by atoms with Gasteiger partial charge < -0.3 is 9.47 Å². The average Bonchev–Trinajstić information content (AvgIpc) is 2.47. The maximum absolute atomic E-state index is 12.4. The number of carbonyl (C=O) groups is 2. The number of alkyl halides is 3. The summed E-state index contributed by atoms with van der Waals surface area (Å²) in [5.74, 6) is -3.22. The first-order chi connectivity index (χ1) is 10.3. The summed E-state index contributed by atoms with van der Waals surface area (Å²) in [6, 6.07) is 3.44. The van der Waals surface area contributed by atoms with Gasteiger partial charge in [0.05, 0.1) is 19.4 Å². The number of Topliss-reactive ketones (excluding diaryl/α,β-unsaturated/α-hetero) is 1. The number of benzene rings is 1. The number of ketones is 1. The number of hydrogen-bond acceptors (Lipinski definition) is 6. The fourth-order valence-corrected chi connectivity index (χ4v) is 1.36. The number of methoxy groups -OCH3 is 1. The Hall–Kier alpha value is -2.45. The Balaban J connectivity index is 2.98. The van der Waals surface area contributed by atoms with Gasteiger partial charge in [0.15, 0.2) is 0 Å². The van der Waals surface area contributed by atoms with Gasteiger partial charge in [0, 0.05) is 0 Å². The minimum absolute atomic E-state index is 0.157. The van der Waals surface area contributed by atoms with Crippen molar-refractivity contribution < 1.29 is 32.2 Å². The lowest BCUT2D eigenvalue weighted by Crippen LogP contribution is -2.39. The van der Waals surface area contributed by atoms with E-state index in [1.807, 2.05) is 0 Å². The van der Waals surface area contributed by atoms with E-state index < -0.39 is 24.0 Å². The van der Waals surface area contributed by atoms with E-state index in [0.717, 1.165) is 0 Å². The molecule has 1 unspecified atom stereocenters. The number of halogens is 3. The molecule has 0 aliphatic carbocycles. The normalized spacial score (nSPS) is 13.0. The second-order valence-electron chi connectivity index (χ2n) is 3.93. The lowest BCUT2D eigenvalue weighted by atomic mass is 10.2. The number of azo groups is 1. The summed E-state index contributed by atoms with van der Waals surface area (Å²) in [7, 11) is 1.44. The molecule has 6 nitrogen and oxygen atoms in total. The van der Waals surface area contributed by atoms with Crippen molar-refractivity contribution >= 4 is 17.4 Å². The van der Waals surface area contributed by atoms with Gasteiger partial charge in [-0.15, -0.1) is 0 Å². The molecule has 22 heavy (non-hydrogen) atoms. The van der Waals surface area contributed by atoms with Crippen molar-refractivity contribution in [3.63, 3.8) is 0 Å². The molecule has 0 spiro atoms. The number of carbonyl (C=O) groups excluding carboxylic acids is 2.